The van der Waals surface area contributed by atoms with Gasteiger partial charge in [-0.05, 0) is 31.6 Å². The average molecular weight is 342 g/mol. The fraction of sp³-hybridized carbons (Fsp3) is 0.316. The van der Waals surface area contributed by atoms with Crippen LogP contribution < -0.4 is 5.43 Å². The number of phenolic OH excluding ortho intramolecular Hbond substituents is 2. The van der Waals surface area contributed by atoms with Gasteiger partial charge in [-0.15, -0.1) is 0 Å². The molecule has 2 aromatic rings. The van der Waals surface area contributed by atoms with E-state index >= 15 is 0 Å². The van der Waals surface area contributed by atoms with Crippen molar-refractivity contribution in [3.63, 3.8) is 0 Å². The van der Waals surface area contributed by atoms with Gasteiger partial charge in [0.2, 0.25) is 0 Å². The van der Waals surface area contributed by atoms with Gasteiger partial charge in [0.15, 0.2) is 5.43 Å². The van der Waals surface area contributed by atoms with Crippen molar-refractivity contribution >= 4 is 11.0 Å². The van der Waals surface area contributed by atoms with Crippen molar-refractivity contribution in [2.75, 3.05) is 0 Å². The van der Waals surface area contributed by atoms with Crippen molar-refractivity contribution < 1.29 is 24.8 Å². The number of hydrogen-bond acceptors (Lipinski definition) is 6. The van der Waals surface area contributed by atoms with Crippen molar-refractivity contribution in [2.24, 2.45) is 0 Å². The molecule has 0 aliphatic heterocycles. The second-order valence-corrected chi connectivity index (χ2v) is 7.00. The van der Waals surface area contributed by atoms with Crippen LogP contribution in [0.2, 0.25) is 0 Å². The van der Waals surface area contributed by atoms with E-state index in [2.05, 4.69) is 0 Å². The molecule has 25 heavy (non-hydrogen) atoms. The maximum Gasteiger partial charge on any atom is 0.199 e. The molecule has 2 unspecified atom stereocenters. The van der Waals surface area contributed by atoms with Crippen LogP contribution in [0, 0.1) is 13.8 Å². The maximum absolute atomic E-state index is 12.8. The van der Waals surface area contributed by atoms with Crippen LogP contribution in [0.25, 0.3) is 11.0 Å². The lowest BCUT2D eigenvalue weighted by atomic mass is 9.96. The summed E-state index contributed by atoms with van der Waals surface area (Å²) in [7, 11) is 0. The molecule has 1 heterocycles. The normalized spacial score (nSPS) is 27.3. The van der Waals surface area contributed by atoms with E-state index in [1.807, 2.05) is 0 Å². The topological polar surface area (TPSA) is 111 Å². The molecule has 2 aliphatic rings. The molecular weight excluding hydrogens is 324 g/mol. The minimum Gasteiger partial charge on any atom is -0.507 e. The predicted molar refractivity (Wildman–Crippen MR) is 90.7 cm³/mol. The molecule has 1 fully saturated rings. The zero-order valence-electron chi connectivity index (χ0n) is 13.8. The molecule has 1 saturated carbocycles. The van der Waals surface area contributed by atoms with Gasteiger partial charge in [-0.2, -0.15) is 0 Å². The first-order valence-electron chi connectivity index (χ1n) is 7.98. The Morgan fingerprint density at radius 2 is 1.84 bits per heavy atom. The molecule has 4 rings (SSSR count). The zero-order chi connectivity index (χ0) is 18.1. The van der Waals surface area contributed by atoms with E-state index in [4.69, 9.17) is 4.42 Å². The van der Waals surface area contributed by atoms with Crippen LogP contribution in [-0.4, -0.2) is 31.6 Å². The van der Waals surface area contributed by atoms with Crippen LogP contribution in [-0.2, 0) is 6.42 Å². The van der Waals surface area contributed by atoms with E-state index in [0.29, 0.717) is 16.7 Å². The molecule has 6 nitrogen and oxygen atoms in total. The van der Waals surface area contributed by atoms with E-state index in [1.165, 1.54) is 19.3 Å². The van der Waals surface area contributed by atoms with E-state index in [1.54, 1.807) is 19.1 Å². The van der Waals surface area contributed by atoms with Crippen LogP contribution in [0.4, 0.5) is 0 Å². The van der Waals surface area contributed by atoms with Gasteiger partial charge < -0.3 is 24.8 Å². The number of aryl methyl sites for hydroxylation is 1. The summed E-state index contributed by atoms with van der Waals surface area (Å²) >= 11 is 0. The van der Waals surface area contributed by atoms with Gasteiger partial charge in [0.1, 0.15) is 33.7 Å². The number of hydrogen-bond donors (Lipinski definition) is 4. The Labute approximate surface area is 143 Å². The Kier molecular flexibility index (Phi) is 3.02. The molecule has 0 saturated heterocycles. The monoisotopic (exact) mass is 342 g/mol. The van der Waals surface area contributed by atoms with E-state index in [9.17, 15) is 25.2 Å². The summed E-state index contributed by atoms with van der Waals surface area (Å²) in [6.45, 7) is 3.14. The van der Waals surface area contributed by atoms with Crippen molar-refractivity contribution in [1.29, 1.82) is 0 Å². The fourth-order valence-electron chi connectivity index (χ4n) is 3.48. The highest BCUT2D eigenvalue weighted by molar-refractivity contribution is 5.90. The number of fused-ring (bicyclic) bond motifs is 2. The second kappa shape index (κ2) is 4.74. The third-order valence-electron chi connectivity index (χ3n) is 5.26. The minimum atomic E-state index is -1.27. The van der Waals surface area contributed by atoms with Gasteiger partial charge in [-0.3, -0.25) is 4.79 Å². The molecule has 6 heteroatoms. The fourth-order valence-corrected chi connectivity index (χ4v) is 3.48. The number of aromatic hydroxyl groups is 2. The molecule has 130 valence electrons. The molecule has 0 amide bonds. The largest absolute Gasteiger partial charge is 0.507 e. The summed E-state index contributed by atoms with van der Waals surface area (Å²) in [4.78, 5) is 12.8. The highest BCUT2D eigenvalue weighted by Gasteiger charge is 2.64. The highest BCUT2D eigenvalue weighted by Crippen LogP contribution is 2.52. The Hall–Kier alpha value is -2.57. The number of aliphatic hydroxyl groups is 2. The molecule has 0 bridgehead atoms. The maximum atomic E-state index is 12.8. The minimum absolute atomic E-state index is 0.0346. The molecule has 2 atom stereocenters. The average Bonchev–Trinajstić information content (AvgIpc) is 3.14. The van der Waals surface area contributed by atoms with Gasteiger partial charge >= 0.3 is 0 Å². The van der Waals surface area contributed by atoms with E-state index < -0.39 is 11.2 Å². The Bertz CT molecular complexity index is 1040. The SMILES string of the molecule is Cc1c(O)c(C)c2occ(CC3=CC4(O)CC4(O)C=C3)c(=O)c2c1O. The smallest absolute Gasteiger partial charge is 0.199 e. The van der Waals surface area contributed by atoms with Crippen LogP contribution in [0.5, 0.6) is 11.5 Å². The quantitative estimate of drug-likeness (QED) is 0.661. The number of benzene rings is 1. The van der Waals surface area contributed by atoms with Crippen LogP contribution in [0.1, 0.15) is 23.1 Å². The number of phenols is 2. The molecule has 2 aliphatic carbocycles. The van der Waals surface area contributed by atoms with Crippen LogP contribution in [0.15, 0.2) is 39.3 Å². The molecule has 1 aromatic heterocycles. The second-order valence-electron chi connectivity index (χ2n) is 7.00. The summed E-state index contributed by atoms with van der Waals surface area (Å²) in [5.74, 6) is -0.397. The van der Waals surface area contributed by atoms with Crippen molar-refractivity contribution in [3.8, 4) is 11.5 Å². The Morgan fingerprint density at radius 3 is 2.52 bits per heavy atom. The van der Waals surface area contributed by atoms with Crippen molar-refractivity contribution in [2.45, 2.75) is 37.9 Å². The van der Waals surface area contributed by atoms with E-state index in [-0.39, 0.29) is 46.3 Å². The summed E-state index contributed by atoms with van der Waals surface area (Å²) in [5, 5.41) is 40.5. The molecule has 0 spiro atoms. The van der Waals surface area contributed by atoms with Crippen LogP contribution in [0.3, 0.4) is 0 Å². The Balaban J connectivity index is 1.82. The molecular formula is C19H18O6. The molecule has 0 radical (unpaired) electrons. The van der Waals surface area contributed by atoms with Gasteiger partial charge in [0.25, 0.3) is 0 Å². The zero-order valence-corrected chi connectivity index (χ0v) is 13.8. The first-order valence-corrected chi connectivity index (χ1v) is 7.98. The van der Waals surface area contributed by atoms with Gasteiger partial charge in [-0.25, -0.2) is 0 Å². The standard InChI is InChI=1S/C19H18O6/c1-9-14(20)10(2)17-13(15(9)21)16(22)12(7-25-17)5-11-3-4-18(23)8-19(18,24)6-11/h3-4,6-7,20-21,23-24H,5,8H2,1-2H3. The van der Waals surface area contributed by atoms with Crippen molar-refractivity contribution in [3.05, 3.63) is 57.0 Å². The van der Waals surface area contributed by atoms with Gasteiger partial charge in [-0.1, -0.05) is 6.08 Å². The number of allylic oxidation sites excluding steroid dienone is 2. The summed E-state index contributed by atoms with van der Waals surface area (Å²) in [6.07, 6.45) is 6.52. The van der Waals surface area contributed by atoms with Crippen molar-refractivity contribution in [1.82, 2.24) is 0 Å². The predicted octanol–water partition coefficient (Wildman–Crippen LogP) is 1.73. The van der Waals surface area contributed by atoms with Gasteiger partial charge in [0, 0.05) is 29.5 Å². The first kappa shape index (κ1) is 15.9. The third-order valence-corrected chi connectivity index (χ3v) is 5.26. The van der Waals surface area contributed by atoms with E-state index in [0.717, 1.165) is 0 Å². The summed E-state index contributed by atoms with van der Waals surface area (Å²) in [5.41, 5.74) is -1.09. The Morgan fingerprint density at radius 1 is 1.12 bits per heavy atom. The summed E-state index contributed by atoms with van der Waals surface area (Å²) in [6, 6.07) is 0. The first-order chi connectivity index (χ1) is 11.7. The van der Waals surface area contributed by atoms with Gasteiger partial charge in [0.05, 0.1) is 6.26 Å². The summed E-state index contributed by atoms with van der Waals surface area (Å²) < 4.78 is 5.51. The molecule has 4 N–H and O–H groups in total. The lowest BCUT2D eigenvalue weighted by Gasteiger charge is -2.16. The number of rotatable bonds is 2. The lowest BCUT2D eigenvalue weighted by molar-refractivity contribution is 0.0786. The highest BCUT2D eigenvalue weighted by atomic mass is 16.4. The third kappa shape index (κ3) is 2.08. The van der Waals surface area contributed by atoms with Crippen LogP contribution >= 0.6 is 0 Å². The lowest BCUT2D eigenvalue weighted by Crippen LogP contribution is -2.24. The molecule has 1 aromatic carbocycles.